The van der Waals surface area contributed by atoms with Gasteiger partial charge >= 0.3 is 13.8 Å². The zero-order valence-corrected chi connectivity index (χ0v) is 20.8. The van der Waals surface area contributed by atoms with Crippen molar-refractivity contribution in [3.63, 3.8) is 0 Å². The highest BCUT2D eigenvalue weighted by Gasteiger charge is 2.23. The summed E-state index contributed by atoms with van der Waals surface area (Å²) in [6, 6.07) is 0. The molecule has 32 heavy (non-hydrogen) atoms. The highest BCUT2D eigenvalue weighted by Crippen LogP contribution is 2.42. The molecule has 0 aromatic heterocycles. The molecule has 0 aromatic carbocycles. The molecule has 0 aliphatic rings. The maximum Gasteiger partial charge on any atom is 0.472 e. The van der Waals surface area contributed by atoms with Crippen LogP contribution in [0.3, 0.4) is 0 Å². The third-order valence-electron chi connectivity index (χ3n) is 4.79. The van der Waals surface area contributed by atoms with Crippen LogP contribution in [-0.2, 0) is 27.9 Å². The van der Waals surface area contributed by atoms with Crippen LogP contribution in [0.2, 0.25) is 0 Å². The van der Waals surface area contributed by atoms with Crippen LogP contribution in [0.15, 0.2) is 0 Å². The molecule has 2 unspecified atom stereocenters. The van der Waals surface area contributed by atoms with E-state index >= 15 is 0 Å². The highest BCUT2D eigenvalue weighted by atomic mass is 31.2. The molecule has 0 aromatic rings. The normalized spacial score (nSPS) is 14.0. The van der Waals surface area contributed by atoms with Crippen LogP contribution in [0.5, 0.6) is 0 Å². The number of hydrogen-bond acceptors (Lipinski definition) is 7. The molecule has 1 amide bonds. The minimum Gasteiger partial charge on any atom is -0.463 e. The number of carbonyl (C=O) groups is 2. The van der Waals surface area contributed by atoms with Crippen molar-refractivity contribution in [3.05, 3.63) is 0 Å². The van der Waals surface area contributed by atoms with Crippen molar-refractivity contribution in [1.82, 2.24) is 5.32 Å². The van der Waals surface area contributed by atoms with Crippen LogP contribution in [0, 0.1) is 0 Å². The molecule has 0 aliphatic carbocycles. The first-order valence-corrected chi connectivity index (χ1v) is 13.5. The Kier molecular flexibility index (Phi) is 20.0. The number of amides is 1. The Morgan fingerprint density at radius 3 is 2.06 bits per heavy atom. The van der Waals surface area contributed by atoms with Gasteiger partial charge in [-0.15, -0.1) is 0 Å². The van der Waals surface area contributed by atoms with E-state index in [2.05, 4.69) is 12.2 Å². The number of nitrogens with one attached hydrogen (secondary N) is 1. The number of hydrogen-bond donors (Lipinski definition) is 3. The van der Waals surface area contributed by atoms with Gasteiger partial charge in [0.2, 0.25) is 5.91 Å². The minimum absolute atomic E-state index is 0.0850. The average Bonchev–Trinajstić information content (AvgIpc) is 2.76. The lowest BCUT2D eigenvalue weighted by Gasteiger charge is -2.15. The van der Waals surface area contributed by atoms with Crippen LogP contribution >= 0.6 is 7.82 Å². The predicted molar refractivity (Wildman–Crippen MR) is 123 cm³/mol. The third kappa shape index (κ3) is 20.9. The molecule has 0 rings (SSSR count). The van der Waals surface area contributed by atoms with Crippen molar-refractivity contribution in [1.29, 1.82) is 0 Å². The van der Waals surface area contributed by atoms with Gasteiger partial charge in [0.05, 0.1) is 13.2 Å². The highest BCUT2D eigenvalue weighted by molar-refractivity contribution is 7.47. The first kappa shape index (κ1) is 31.0. The summed E-state index contributed by atoms with van der Waals surface area (Å²) in [5, 5.41) is 12.3. The lowest BCUT2D eigenvalue weighted by molar-refractivity contribution is -0.147. The maximum atomic E-state index is 11.8. The second-order valence-corrected chi connectivity index (χ2v) is 9.42. The van der Waals surface area contributed by atoms with Gasteiger partial charge in [0, 0.05) is 19.4 Å². The standard InChI is InChI=1S/C22H44NO8P/c1-3-5-7-8-9-10-11-13-14-21(25)23-16-17-30-32(27,28)31-19-20(24)18-29-22(26)15-12-6-4-2/h20,24H,3-19H2,1-2H3,(H,23,25)(H,27,28). The van der Waals surface area contributed by atoms with Crippen LogP contribution in [0.25, 0.3) is 0 Å². The van der Waals surface area contributed by atoms with Crippen LogP contribution in [0.4, 0.5) is 0 Å². The number of carbonyl (C=O) groups excluding carboxylic acids is 2. The zero-order chi connectivity index (χ0) is 24.1. The number of ether oxygens (including phenoxy) is 1. The summed E-state index contributed by atoms with van der Waals surface area (Å²) in [5.74, 6) is -0.548. The molecule has 0 radical (unpaired) electrons. The lowest BCUT2D eigenvalue weighted by Crippen LogP contribution is -2.27. The monoisotopic (exact) mass is 481 g/mol. The third-order valence-corrected chi connectivity index (χ3v) is 5.77. The molecule has 190 valence electrons. The quantitative estimate of drug-likeness (QED) is 0.119. The fourth-order valence-electron chi connectivity index (χ4n) is 2.91. The summed E-state index contributed by atoms with van der Waals surface area (Å²) in [6.07, 6.45) is 11.3. The van der Waals surface area contributed by atoms with E-state index in [0.29, 0.717) is 6.42 Å². The van der Waals surface area contributed by atoms with Crippen molar-refractivity contribution in [2.45, 2.75) is 103 Å². The van der Waals surface area contributed by atoms with Gasteiger partial charge in [-0.25, -0.2) is 4.57 Å². The van der Waals surface area contributed by atoms with Gasteiger partial charge in [0.1, 0.15) is 12.7 Å². The summed E-state index contributed by atoms with van der Waals surface area (Å²) in [6.45, 7) is 3.27. The first-order chi connectivity index (χ1) is 15.3. The van der Waals surface area contributed by atoms with E-state index in [-0.39, 0.29) is 32.1 Å². The molecule has 2 atom stereocenters. The average molecular weight is 482 g/mol. The zero-order valence-electron chi connectivity index (χ0n) is 19.9. The molecule has 0 saturated carbocycles. The number of phosphoric ester groups is 1. The van der Waals surface area contributed by atoms with Gasteiger partial charge in [-0.1, -0.05) is 71.6 Å². The summed E-state index contributed by atoms with van der Waals surface area (Å²) in [5.41, 5.74) is 0. The largest absolute Gasteiger partial charge is 0.472 e. The number of rotatable bonds is 22. The molecule has 3 N–H and O–H groups in total. The molecular formula is C22H44NO8P. The summed E-state index contributed by atoms with van der Waals surface area (Å²) in [7, 11) is -4.37. The molecule has 9 nitrogen and oxygen atoms in total. The molecule has 0 aliphatic heterocycles. The number of aliphatic hydroxyl groups excluding tert-OH is 1. The number of phosphoric acid groups is 1. The van der Waals surface area contributed by atoms with E-state index < -0.39 is 26.5 Å². The fourth-order valence-corrected chi connectivity index (χ4v) is 3.66. The van der Waals surface area contributed by atoms with Crippen molar-refractivity contribution in [3.8, 4) is 0 Å². The van der Waals surface area contributed by atoms with E-state index in [0.717, 1.165) is 38.5 Å². The molecule has 0 fully saturated rings. The topological polar surface area (TPSA) is 131 Å². The van der Waals surface area contributed by atoms with E-state index in [9.17, 15) is 24.2 Å². The number of aliphatic hydroxyl groups is 1. The Balaban J connectivity index is 3.71. The second kappa shape index (κ2) is 20.6. The van der Waals surface area contributed by atoms with E-state index in [4.69, 9.17) is 13.8 Å². The van der Waals surface area contributed by atoms with E-state index in [1.54, 1.807) is 0 Å². The molecule has 0 bridgehead atoms. The molecule has 0 spiro atoms. The fraction of sp³-hybridized carbons (Fsp3) is 0.909. The lowest BCUT2D eigenvalue weighted by atomic mass is 10.1. The van der Waals surface area contributed by atoms with Crippen molar-refractivity contribution < 1.29 is 37.9 Å². The second-order valence-electron chi connectivity index (χ2n) is 7.97. The number of esters is 1. The Hall–Kier alpha value is -0.990. The minimum atomic E-state index is -4.37. The van der Waals surface area contributed by atoms with Gasteiger partial charge < -0.3 is 20.1 Å². The Labute approximate surface area is 193 Å². The number of unbranched alkanes of at least 4 members (excludes halogenated alkanes) is 9. The molecular weight excluding hydrogens is 437 g/mol. The van der Waals surface area contributed by atoms with Gasteiger partial charge in [0.15, 0.2) is 0 Å². The molecule has 10 heteroatoms. The summed E-state index contributed by atoms with van der Waals surface area (Å²) in [4.78, 5) is 32.8. The van der Waals surface area contributed by atoms with Crippen LogP contribution < -0.4 is 5.32 Å². The smallest absolute Gasteiger partial charge is 0.463 e. The maximum absolute atomic E-state index is 11.8. The molecule has 0 saturated heterocycles. The summed E-state index contributed by atoms with van der Waals surface area (Å²) < 4.78 is 26.1. The van der Waals surface area contributed by atoms with Gasteiger partial charge in [0.25, 0.3) is 0 Å². The Morgan fingerprint density at radius 1 is 0.844 bits per heavy atom. The van der Waals surface area contributed by atoms with Gasteiger partial charge in [-0.3, -0.25) is 18.6 Å². The van der Waals surface area contributed by atoms with Crippen molar-refractivity contribution in [2.75, 3.05) is 26.4 Å². The SMILES string of the molecule is CCCCCCCCCCC(=O)NCCOP(=O)(O)OCC(O)COC(=O)CCCCC. The predicted octanol–water partition coefficient (Wildman–Crippen LogP) is 4.25. The van der Waals surface area contributed by atoms with E-state index in [1.807, 2.05) is 6.92 Å². The van der Waals surface area contributed by atoms with Gasteiger partial charge in [-0.2, -0.15) is 0 Å². The van der Waals surface area contributed by atoms with Crippen molar-refractivity contribution >= 4 is 19.7 Å². The van der Waals surface area contributed by atoms with E-state index in [1.165, 1.54) is 32.1 Å². The van der Waals surface area contributed by atoms with Gasteiger partial charge in [-0.05, 0) is 12.8 Å². The van der Waals surface area contributed by atoms with Crippen LogP contribution in [0.1, 0.15) is 97.3 Å². The molecule has 0 heterocycles. The Morgan fingerprint density at radius 2 is 1.41 bits per heavy atom. The summed E-state index contributed by atoms with van der Waals surface area (Å²) >= 11 is 0. The first-order valence-electron chi connectivity index (χ1n) is 12.0. The van der Waals surface area contributed by atoms with Crippen molar-refractivity contribution in [2.24, 2.45) is 0 Å². The Bertz CT molecular complexity index is 532. The van der Waals surface area contributed by atoms with Crippen LogP contribution in [-0.4, -0.2) is 54.3 Å².